The summed E-state index contributed by atoms with van der Waals surface area (Å²) >= 11 is 1.59. The lowest BCUT2D eigenvalue weighted by Crippen LogP contribution is -2.49. The number of benzene rings is 1. The fourth-order valence-electron chi connectivity index (χ4n) is 3.07. The third kappa shape index (κ3) is 2.13. The molecule has 0 bridgehead atoms. The molecule has 1 aromatic heterocycles. The van der Waals surface area contributed by atoms with Gasteiger partial charge < -0.3 is 0 Å². The van der Waals surface area contributed by atoms with Gasteiger partial charge >= 0.3 is 0 Å². The van der Waals surface area contributed by atoms with Gasteiger partial charge in [-0.05, 0) is 30.9 Å². The Morgan fingerprint density at radius 3 is 2.81 bits per heavy atom. The molecule has 1 atom stereocenters. The summed E-state index contributed by atoms with van der Waals surface area (Å²) in [6, 6.07) is 7.84. The van der Waals surface area contributed by atoms with Crippen molar-refractivity contribution in [3.05, 3.63) is 46.4 Å². The molecule has 6 heteroatoms. The highest BCUT2D eigenvalue weighted by atomic mass is 32.2. The van der Waals surface area contributed by atoms with Crippen molar-refractivity contribution in [1.29, 1.82) is 0 Å². The molecule has 0 amide bonds. The maximum Gasteiger partial charge on any atom is 0.178 e. The van der Waals surface area contributed by atoms with Crippen molar-refractivity contribution >= 4 is 21.2 Å². The first-order valence-corrected chi connectivity index (χ1v) is 9.65. The molecule has 1 aliphatic carbocycles. The summed E-state index contributed by atoms with van der Waals surface area (Å²) in [5.74, 6) is 0.170. The third-order valence-corrected chi connectivity index (χ3v) is 6.96. The van der Waals surface area contributed by atoms with Crippen LogP contribution in [-0.4, -0.2) is 25.2 Å². The van der Waals surface area contributed by atoms with E-state index in [1.165, 1.54) is 0 Å². The van der Waals surface area contributed by atoms with Crippen LogP contribution in [0.4, 0.5) is 0 Å². The predicted octanol–water partition coefficient (Wildman–Crippen LogP) is 2.32. The Morgan fingerprint density at radius 2 is 2.10 bits per heavy atom. The van der Waals surface area contributed by atoms with Gasteiger partial charge in [-0.25, -0.2) is 13.4 Å². The quantitative estimate of drug-likeness (QED) is 0.943. The summed E-state index contributed by atoms with van der Waals surface area (Å²) in [5.41, 5.74) is 0.412. The number of nitrogens with one attached hydrogen (secondary N) is 1. The minimum atomic E-state index is -3.18. The average Bonchev–Trinajstić information content (AvgIpc) is 3.12. The zero-order valence-electron chi connectivity index (χ0n) is 11.5. The highest BCUT2D eigenvalue weighted by Gasteiger charge is 2.47. The van der Waals surface area contributed by atoms with Crippen LogP contribution in [0.5, 0.6) is 0 Å². The molecule has 110 valence electrons. The Kier molecular flexibility index (Phi) is 2.96. The molecule has 2 aliphatic rings. The normalized spacial score (nSPS) is 27.2. The van der Waals surface area contributed by atoms with Crippen LogP contribution in [0.1, 0.15) is 29.8 Å². The Hall–Kier alpha value is -1.24. The van der Waals surface area contributed by atoms with Gasteiger partial charge in [0.2, 0.25) is 0 Å². The monoisotopic (exact) mass is 320 g/mol. The van der Waals surface area contributed by atoms with Gasteiger partial charge in [-0.2, -0.15) is 0 Å². The molecule has 1 saturated carbocycles. The van der Waals surface area contributed by atoms with Gasteiger partial charge in [-0.15, -0.1) is 11.3 Å². The van der Waals surface area contributed by atoms with E-state index in [9.17, 15) is 8.42 Å². The molecule has 2 aromatic rings. The number of aromatic nitrogens is 1. The number of sulfone groups is 1. The summed E-state index contributed by atoms with van der Waals surface area (Å²) in [6.07, 6.45) is 4.66. The van der Waals surface area contributed by atoms with E-state index in [0.29, 0.717) is 17.4 Å². The molecular formula is C15H16N2O2S2. The van der Waals surface area contributed by atoms with Gasteiger partial charge in [-0.3, -0.25) is 5.32 Å². The van der Waals surface area contributed by atoms with Crippen molar-refractivity contribution in [3.63, 3.8) is 0 Å². The summed E-state index contributed by atoms with van der Waals surface area (Å²) in [5, 5.41) is 6.61. The van der Waals surface area contributed by atoms with Gasteiger partial charge in [0.05, 0.1) is 16.2 Å². The Bertz CT molecular complexity index is 767. The molecule has 1 aromatic carbocycles. The topological polar surface area (TPSA) is 59.1 Å². The molecule has 1 fully saturated rings. The van der Waals surface area contributed by atoms with E-state index in [0.717, 1.165) is 23.4 Å². The third-order valence-electron chi connectivity index (χ3n) is 4.25. The second-order valence-electron chi connectivity index (χ2n) is 5.73. The molecule has 21 heavy (non-hydrogen) atoms. The van der Waals surface area contributed by atoms with Crippen molar-refractivity contribution in [2.75, 3.05) is 5.75 Å². The number of hydrogen-bond donors (Lipinski definition) is 1. The molecule has 4 rings (SSSR count). The van der Waals surface area contributed by atoms with Crippen LogP contribution in [0, 0.1) is 0 Å². The number of hydrogen-bond acceptors (Lipinski definition) is 5. The van der Waals surface area contributed by atoms with Gasteiger partial charge in [-0.1, -0.05) is 18.2 Å². The molecule has 4 nitrogen and oxygen atoms in total. The molecule has 2 heterocycles. The van der Waals surface area contributed by atoms with E-state index in [4.69, 9.17) is 0 Å². The smallest absolute Gasteiger partial charge is 0.178 e. The molecule has 0 radical (unpaired) electrons. The summed E-state index contributed by atoms with van der Waals surface area (Å²) < 4.78 is 24.8. The van der Waals surface area contributed by atoms with Crippen LogP contribution in [0.25, 0.3) is 0 Å². The summed E-state index contributed by atoms with van der Waals surface area (Å²) in [6.45, 7) is 0. The van der Waals surface area contributed by atoms with E-state index >= 15 is 0 Å². The first kappa shape index (κ1) is 13.4. The second-order valence-corrected chi connectivity index (χ2v) is 8.70. The lowest BCUT2D eigenvalue weighted by atomic mass is 9.87. The minimum Gasteiger partial charge on any atom is -0.299 e. The van der Waals surface area contributed by atoms with Gasteiger partial charge in [0, 0.05) is 17.6 Å². The first-order valence-electron chi connectivity index (χ1n) is 7.12. The van der Waals surface area contributed by atoms with E-state index in [-0.39, 0.29) is 5.75 Å². The fraction of sp³-hybridized carbons (Fsp3) is 0.400. The van der Waals surface area contributed by atoms with Crippen molar-refractivity contribution in [3.8, 4) is 0 Å². The Balaban J connectivity index is 1.95. The van der Waals surface area contributed by atoms with Crippen LogP contribution in [0.15, 0.2) is 40.7 Å². The molecule has 1 aliphatic heterocycles. The van der Waals surface area contributed by atoms with Crippen molar-refractivity contribution in [2.45, 2.75) is 35.7 Å². The predicted molar refractivity (Wildman–Crippen MR) is 82.2 cm³/mol. The molecule has 1 N–H and O–H groups in total. The van der Waals surface area contributed by atoms with E-state index in [1.807, 2.05) is 17.5 Å². The van der Waals surface area contributed by atoms with Crippen LogP contribution in [0.2, 0.25) is 0 Å². The number of thiazole rings is 1. The lowest BCUT2D eigenvalue weighted by Gasteiger charge is -2.38. The molecule has 0 spiro atoms. The van der Waals surface area contributed by atoms with Crippen molar-refractivity contribution in [2.24, 2.45) is 0 Å². The SMILES string of the molecule is O=S1(=O)CCC(NC2CC2)(c2nccs2)c2ccccc21. The fourth-order valence-corrected chi connectivity index (χ4v) is 5.57. The zero-order chi connectivity index (χ0) is 14.5. The van der Waals surface area contributed by atoms with Gasteiger partial charge in [0.25, 0.3) is 0 Å². The van der Waals surface area contributed by atoms with E-state index in [1.54, 1.807) is 29.7 Å². The van der Waals surface area contributed by atoms with Gasteiger partial charge in [0.1, 0.15) is 5.01 Å². The van der Waals surface area contributed by atoms with Crippen LogP contribution >= 0.6 is 11.3 Å². The number of rotatable bonds is 3. The highest BCUT2D eigenvalue weighted by molar-refractivity contribution is 7.91. The number of fused-ring (bicyclic) bond motifs is 1. The second kappa shape index (κ2) is 4.63. The van der Waals surface area contributed by atoms with Crippen LogP contribution < -0.4 is 5.32 Å². The maximum absolute atomic E-state index is 12.4. The van der Waals surface area contributed by atoms with Crippen molar-refractivity contribution in [1.82, 2.24) is 10.3 Å². The van der Waals surface area contributed by atoms with E-state index in [2.05, 4.69) is 10.3 Å². The largest absolute Gasteiger partial charge is 0.299 e. The van der Waals surface area contributed by atoms with Crippen molar-refractivity contribution < 1.29 is 8.42 Å². The summed E-state index contributed by atoms with van der Waals surface area (Å²) in [4.78, 5) is 4.96. The van der Waals surface area contributed by atoms with Gasteiger partial charge in [0.15, 0.2) is 9.84 Å². The van der Waals surface area contributed by atoms with E-state index < -0.39 is 15.4 Å². The molecular weight excluding hydrogens is 304 g/mol. The standard InChI is InChI=1S/C15H16N2O2S2/c18-21(19)10-7-15(17-11-5-6-11,14-16-8-9-20-14)12-3-1-2-4-13(12)21/h1-4,8-9,11,17H,5-7,10H2. The van der Waals surface area contributed by atoms with Crippen LogP contribution in [-0.2, 0) is 15.4 Å². The lowest BCUT2D eigenvalue weighted by molar-refractivity contribution is 0.367. The summed E-state index contributed by atoms with van der Waals surface area (Å²) in [7, 11) is -3.18. The highest BCUT2D eigenvalue weighted by Crippen LogP contribution is 2.44. The zero-order valence-corrected chi connectivity index (χ0v) is 13.1. The Labute approximate surface area is 128 Å². The molecule has 0 saturated heterocycles. The minimum absolute atomic E-state index is 0.170. The average molecular weight is 320 g/mol. The maximum atomic E-state index is 12.4. The van der Waals surface area contributed by atoms with Crippen LogP contribution in [0.3, 0.4) is 0 Å². The molecule has 1 unspecified atom stereocenters. The first-order chi connectivity index (χ1) is 10.1. The number of nitrogens with zero attached hydrogens (tertiary/aromatic N) is 1. The Morgan fingerprint density at radius 1 is 1.29 bits per heavy atom.